The highest BCUT2D eigenvalue weighted by Gasteiger charge is 2.08. The molecule has 5 heteroatoms. The van der Waals surface area contributed by atoms with Gasteiger partial charge in [-0.05, 0) is 44.5 Å². The first kappa shape index (κ1) is 15.7. The summed E-state index contributed by atoms with van der Waals surface area (Å²) in [6, 6.07) is 7.67. The third kappa shape index (κ3) is 4.65. The van der Waals surface area contributed by atoms with Crippen LogP contribution in [0.4, 0.5) is 0 Å². The average Bonchev–Trinajstić information content (AvgIpc) is 2.93. The summed E-state index contributed by atoms with van der Waals surface area (Å²) in [6.45, 7) is 6.02. The van der Waals surface area contributed by atoms with Gasteiger partial charge >= 0.3 is 0 Å². The molecule has 21 heavy (non-hydrogen) atoms. The van der Waals surface area contributed by atoms with Gasteiger partial charge < -0.3 is 10.1 Å². The molecule has 112 valence electrons. The lowest BCUT2D eigenvalue weighted by Gasteiger charge is -2.06. The van der Waals surface area contributed by atoms with E-state index in [1.165, 1.54) is 4.88 Å². The normalized spacial score (nSPS) is 10.6. The number of nitrogens with one attached hydrogen (secondary N) is 1. The molecular formula is C16H20N2O2S. The predicted octanol–water partition coefficient (Wildman–Crippen LogP) is 3.27. The largest absolute Gasteiger partial charge is 0.382 e. The highest BCUT2D eigenvalue weighted by atomic mass is 32.1. The molecule has 0 fully saturated rings. The van der Waals surface area contributed by atoms with Crippen molar-refractivity contribution in [2.24, 2.45) is 0 Å². The summed E-state index contributed by atoms with van der Waals surface area (Å²) in [7, 11) is 0. The fourth-order valence-electron chi connectivity index (χ4n) is 1.90. The van der Waals surface area contributed by atoms with Gasteiger partial charge in [-0.15, -0.1) is 11.3 Å². The molecule has 0 spiro atoms. The number of carbonyl (C=O) groups is 1. The summed E-state index contributed by atoms with van der Waals surface area (Å²) in [4.78, 5) is 18.7. The van der Waals surface area contributed by atoms with E-state index in [4.69, 9.17) is 4.74 Å². The van der Waals surface area contributed by atoms with Gasteiger partial charge in [0.1, 0.15) is 0 Å². The topological polar surface area (TPSA) is 51.2 Å². The Balaban J connectivity index is 1.95. The molecule has 0 aliphatic rings. The summed E-state index contributed by atoms with van der Waals surface area (Å²) in [5.41, 5.74) is 1.48. The van der Waals surface area contributed by atoms with Gasteiger partial charge in [-0.1, -0.05) is 0 Å². The van der Waals surface area contributed by atoms with Crippen LogP contribution in [-0.2, 0) is 4.74 Å². The molecule has 0 unspecified atom stereocenters. The van der Waals surface area contributed by atoms with Crippen molar-refractivity contribution in [1.29, 1.82) is 0 Å². The maximum atomic E-state index is 12.1. The Morgan fingerprint density at radius 1 is 1.38 bits per heavy atom. The van der Waals surface area contributed by atoms with Crippen LogP contribution in [0.15, 0.2) is 30.5 Å². The van der Waals surface area contributed by atoms with Gasteiger partial charge in [0.05, 0.1) is 10.6 Å². The zero-order valence-electron chi connectivity index (χ0n) is 12.4. The van der Waals surface area contributed by atoms with E-state index in [0.717, 1.165) is 17.0 Å². The van der Waals surface area contributed by atoms with Crippen LogP contribution >= 0.6 is 11.3 Å². The Hall–Kier alpha value is -1.72. The van der Waals surface area contributed by atoms with Crippen LogP contribution < -0.4 is 5.32 Å². The molecule has 0 saturated carbocycles. The van der Waals surface area contributed by atoms with E-state index < -0.39 is 0 Å². The molecule has 2 aromatic heterocycles. The van der Waals surface area contributed by atoms with E-state index in [2.05, 4.69) is 23.3 Å². The van der Waals surface area contributed by atoms with E-state index in [9.17, 15) is 4.79 Å². The van der Waals surface area contributed by atoms with Crippen molar-refractivity contribution in [2.45, 2.75) is 20.3 Å². The number of hydrogen-bond acceptors (Lipinski definition) is 4. The van der Waals surface area contributed by atoms with Gasteiger partial charge in [-0.2, -0.15) is 0 Å². The Morgan fingerprint density at radius 3 is 2.95 bits per heavy atom. The Bertz CT molecular complexity index is 595. The van der Waals surface area contributed by atoms with Crippen molar-refractivity contribution in [1.82, 2.24) is 10.3 Å². The molecular weight excluding hydrogens is 284 g/mol. The molecule has 2 aromatic rings. The number of pyridine rings is 1. The number of aromatic nitrogens is 1. The summed E-state index contributed by atoms with van der Waals surface area (Å²) in [5, 5.41) is 2.90. The maximum Gasteiger partial charge on any atom is 0.251 e. The van der Waals surface area contributed by atoms with E-state index >= 15 is 0 Å². The first-order chi connectivity index (χ1) is 10.2. The number of rotatable bonds is 7. The summed E-state index contributed by atoms with van der Waals surface area (Å²) >= 11 is 1.68. The van der Waals surface area contributed by atoms with Gasteiger partial charge in [0.25, 0.3) is 5.91 Å². The number of amides is 1. The fraction of sp³-hybridized carbons (Fsp3) is 0.375. The van der Waals surface area contributed by atoms with E-state index in [-0.39, 0.29) is 5.91 Å². The number of aryl methyl sites for hydroxylation is 1. The molecule has 0 bridgehead atoms. The van der Waals surface area contributed by atoms with Gasteiger partial charge in [0, 0.05) is 36.4 Å². The minimum absolute atomic E-state index is 0.0663. The Kier molecular flexibility index (Phi) is 5.90. The van der Waals surface area contributed by atoms with Crippen molar-refractivity contribution in [3.8, 4) is 10.6 Å². The number of ether oxygens (including phenoxy) is 1. The molecule has 0 aliphatic heterocycles. The molecule has 0 saturated heterocycles. The van der Waals surface area contributed by atoms with Crippen LogP contribution in [0.2, 0.25) is 0 Å². The molecule has 2 rings (SSSR count). The second kappa shape index (κ2) is 7.90. The predicted molar refractivity (Wildman–Crippen MR) is 85.7 cm³/mol. The standard InChI is InChI=1S/C16H20N2O2S/c1-3-20-10-4-8-18-16(19)13-7-9-17-14(11-13)15-6-5-12(2)21-15/h5-7,9,11H,3-4,8,10H2,1-2H3,(H,18,19). The van der Waals surface area contributed by atoms with Crippen molar-refractivity contribution in [2.75, 3.05) is 19.8 Å². The lowest BCUT2D eigenvalue weighted by atomic mass is 10.2. The Morgan fingerprint density at radius 2 is 2.24 bits per heavy atom. The zero-order valence-corrected chi connectivity index (χ0v) is 13.2. The molecule has 0 atom stereocenters. The minimum Gasteiger partial charge on any atom is -0.382 e. The number of thiophene rings is 1. The van der Waals surface area contributed by atoms with E-state index in [1.807, 2.05) is 19.1 Å². The van der Waals surface area contributed by atoms with Crippen LogP contribution in [0, 0.1) is 6.92 Å². The zero-order chi connectivity index (χ0) is 15.1. The van der Waals surface area contributed by atoms with Crippen molar-refractivity contribution >= 4 is 17.2 Å². The third-order valence-corrected chi connectivity index (χ3v) is 3.99. The molecule has 4 nitrogen and oxygen atoms in total. The number of carbonyl (C=O) groups excluding carboxylic acids is 1. The van der Waals surface area contributed by atoms with Gasteiger partial charge in [0.2, 0.25) is 0 Å². The summed E-state index contributed by atoms with van der Waals surface area (Å²) in [5.74, 6) is -0.0663. The van der Waals surface area contributed by atoms with Crippen LogP contribution in [0.3, 0.4) is 0 Å². The van der Waals surface area contributed by atoms with E-state index in [1.54, 1.807) is 23.6 Å². The second-order valence-electron chi connectivity index (χ2n) is 4.65. The number of nitrogens with zero attached hydrogens (tertiary/aromatic N) is 1. The Labute approximate surface area is 129 Å². The first-order valence-corrected chi connectivity index (χ1v) is 7.91. The smallest absolute Gasteiger partial charge is 0.251 e. The highest BCUT2D eigenvalue weighted by Crippen LogP contribution is 2.26. The highest BCUT2D eigenvalue weighted by molar-refractivity contribution is 7.15. The second-order valence-corrected chi connectivity index (χ2v) is 5.93. The number of hydrogen-bond donors (Lipinski definition) is 1. The molecule has 2 heterocycles. The molecule has 0 aliphatic carbocycles. The fourth-order valence-corrected chi connectivity index (χ4v) is 2.74. The lowest BCUT2D eigenvalue weighted by molar-refractivity contribution is 0.0944. The van der Waals surface area contributed by atoms with Crippen molar-refractivity contribution in [3.63, 3.8) is 0 Å². The monoisotopic (exact) mass is 304 g/mol. The first-order valence-electron chi connectivity index (χ1n) is 7.09. The van der Waals surface area contributed by atoms with E-state index in [0.29, 0.717) is 25.3 Å². The lowest BCUT2D eigenvalue weighted by Crippen LogP contribution is -2.25. The maximum absolute atomic E-state index is 12.1. The van der Waals surface area contributed by atoms with Gasteiger partial charge in [-0.25, -0.2) is 0 Å². The third-order valence-electron chi connectivity index (χ3n) is 2.97. The summed E-state index contributed by atoms with van der Waals surface area (Å²) in [6.07, 6.45) is 2.50. The molecule has 1 amide bonds. The average molecular weight is 304 g/mol. The molecule has 1 N–H and O–H groups in total. The van der Waals surface area contributed by atoms with Gasteiger partial charge in [-0.3, -0.25) is 9.78 Å². The van der Waals surface area contributed by atoms with Crippen molar-refractivity contribution in [3.05, 3.63) is 40.9 Å². The van der Waals surface area contributed by atoms with Gasteiger partial charge in [0.15, 0.2) is 0 Å². The minimum atomic E-state index is -0.0663. The van der Waals surface area contributed by atoms with Crippen LogP contribution in [0.5, 0.6) is 0 Å². The summed E-state index contributed by atoms with van der Waals surface area (Å²) < 4.78 is 5.24. The van der Waals surface area contributed by atoms with Crippen LogP contribution in [0.1, 0.15) is 28.6 Å². The van der Waals surface area contributed by atoms with Crippen molar-refractivity contribution < 1.29 is 9.53 Å². The van der Waals surface area contributed by atoms with Crippen LogP contribution in [-0.4, -0.2) is 30.6 Å². The van der Waals surface area contributed by atoms with Crippen LogP contribution in [0.25, 0.3) is 10.6 Å². The molecule has 0 aromatic carbocycles. The quantitative estimate of drug-likeness (QED) is 0.799. The molecule has 0 radical (unpaired) electrons. The SMILES string of the molecule is CCOCCCNC(=O)c1ccnc(-c2ccc(C)s2)c1.